The molecule has 0 aliphatic carbocycles. The predicted molar refractivity (Wildman–Crippen MR) is 91.4 cm³/mol. The summed E-state index contributed by atoms with van der Waals surface area (Å²) in [5, 5.41) is 24.6. The van der Waals surface area contributed by atoms with E-state index in [4.69, 9.17) is 4.74 Å². The molecule has 1 aromatic heterocycles. The highest BCUT2D eigenvalue weighted by molar-refractivity contribution is 5.83. The highest BCUT2D eigenvalue weighted by Crippen LogP contribution is 2.36. The number of benzene rings is 1. The molecule has 10 heteroatoms. The van der Waals surface area contributed by atoms with Crippen molar-refractivity contribution < 1.29 is 14.8 Å². The van der Waals surface area contributed by atoms with E-state index in [1.54, 1.807) is 0 Å². The van der Waals surface area contributed by atoms with Crippen LogP contribution in [0.1, 0.15) is 24.6 Å². The van der Waals surface area contributed by atoms with Gasteiger partial charge in [-0.15, -0.1) is 0 Å². The molecule has 0 saturated heterocycles. The molecule has 2 rings (SSSR count). The third-order valence-corrected chi connectivity index (χ3v) is 3.18. The minimum Gasteiger partial charge on any atom is -0.500 e. The van der Waals surface area contributed by atoms with Crippen molar-refractivity contribution in [2.24, 2.45) is 5.10 Å². The van der Waals surface area contributed by atoms with Gasteiger partial charge in [0.15, 0.2) is 5.75 Å². The Hall–Kier alpha value is -3.43. The van der Waals surface area contributed by atoms with Crippen molar-refractivity contribution in [3.05, 3.63) is 49.9 Å². The van der Waals surface area contributed by atoms with Gasteiger partial charge in [0.05, 0.1) is 18.2 Å². The van der Waals surface area contributed by atoms with Gasteiger partial charge < -0.3 is 9.84 Å². The van der Waals surface area contributed by atoms with Crippen molar-refractivity contribution in [1.82, 2.24) is 9.97 Å². The van der Waals surface area contributed by atoms with Crippen molar-refractivity contribution in [1.29, 1.82) is 0 Å². The molecule has 0 bridgehead atoms. The molecule has 0 unspecified atom stereocenters. The number of ether oxygens (including phenoxy) is 1. The average molecular weight is 347 g/mol. The van der Waals surface area contributed by atoms with Gasteiger partial charge in [0.2, 0.25) is 11.7 Å². The molecule has 3 N–H and O–H groups in total. The Bertz CT molecular complexity index is 862. The van der Waals surface area contributed by atoms with Crippen molar-refractivity contribution in [3.63, 3.8) is 0 Å². The summed E-state index contributed by atoms with van der Waals surface area (Å²) in [6.45, 7) is 1.97. The molecule has 132 valence electrons. The number of methoxy groups -OCH3 is 1. The fourth-order valence-corrected chi connectivity index (χ4v) is 2.10. The smallest absolute Gasteiger partial charge is 0.315 e. The number of hydrogen-bond donors (Lipinski definition) is 3. The topological polar surface area (TPSA) is 143 Å². The van der Waals surface area contributed by atoms with Gasteiger partial charge in [0.1, 0.15) is 0 Å². The zero-order valence-corrected chi connectivity index (χ0v) is 13.6. The standard InChI is InChI=1S/C15H17N5O5/c1-3-4-10-7-13(21)18-15(17-10)19-16-8-9-5-11(20(23)24)14(22)12(6-9)25-2/h5-8,22H,3-4H2,1-2H3,(H2,17,18,19,21)/b16-8-. The fraction of sp³-hybridized carbons (Fsp3) is 0.267. The average Bonchev–Trinajstić information content (AvgIpc) is 2.55. The second-order valence-electron chi connectivity index (χ2n) is 5.05. The first-order valence-electron chi connectivity index (χ1n) is 7.39. The van der Waals surface area contributed by atoms with Crippen LogP contribution in [0.2, 0.25) is 0 Å². The number of aromatic amines is 1. The summed E-state index contributed by atoms with van der Waals surface area (Å²) in [6, 6.07) is 3.94. The maximum absolute atomic E-state index is 11.6. The number of nitrogens with zero attached hydrogens (tertiary/aromatic N) is 3. The zero-order valence-electron chi connectivity index (χ0n) is 13.6. The number of phenols is 1. The lowest BCUT2D eigenvalue weighted by Crippen LogP contribution is -2.12. The van der Waals surface area contributed by atoms with Gasteiger partial charge in [0.25, 0.3) is 5.56 Å². The Morgan fingerprint density at radius 3 is 2.88 bits per heavy atom. The molecule has 25 heavy (non-hydrogen) atoms. The van der Waals surface area contributed by atoms with Crippen LogP contribution in [0.3, 0.4) is 0 Å². The van der Waals surface area contributed by atoms with Crippen LogP contribution in [0, 0.1) is 10.1 Å². The fourth-order valence-electron chi connectivity index (χ4n) is 2.10. The number of aromatic hydroxyl groups is 1. The molecule has 0 amide bonds. The molecule has 0 saturated carbocycles. The SMILES string of the molecule is CCCc1cc(=O)[nH]c(N/N=C\c2cc(OC)c(O)c([N+](=O)[O-])c2)n1. The van der Waals surface area contributed by atoms with Gasteiger partial charge in [-0.25, -0.2) is 10.4 Å². The number of anilines is 1. The lowest BCUT2D eigenvalue weighted by Gasteiger charge is -2.05. The van der Waals surface area contributed by atoms with E-state index >= 15 is 0 Å². The van der Waals surface area contributed by atoms with Crippen LogP contribution in [0.15, 0.2) is 28.1 Å². The van der Waals surface area contributed by atoms with Crippen LogP contribution < -0.4 is 15.7 Å². The molecule has 0 radical (unpaired) electrons. The molecule has 1 aromatic carbocycles. The Kier molecular flexibility index (Phi) is 5.66. The number of hydrogen-bond acceptors (Lipinski definition) is 8. The second-order valence-corrected chi connectivity index (χ2v) is 5.05. The lowest BCUT2D eigenvalue weighted by atomic mass is 10.2. The van der Waals surface area contributed by atoms with E-state index in [0.717, 1.165) is 12.5 Å². The van der Waals surface area contributed by atoms with Crippen molar-refractivity contribution >= 4 is 17.9 Å². The summed E-state index contributed by atoms with van der Waals surface area (Å²) >= 11 is 0. The number of hydrazone groups is 1. The summed E-state index contributed by atoms with van der Waals surface area (Å²) in [6.07, 6.45) is 2.78. The lowest BCUT2D eigenvalue weighted by molar-refractivity contribution is -0.386. The van der Waals surface area contributed by atoms with Crippen LogP contribution in [0.25, 0.3) is 0 Å². The van der Waals surface area contributed by atoms with Crippen LogP contribution in [-0.4, -0.2) is 33.3 Å². The minimum absolute atomic E-state index is 0.0490. The van der Waals surface area contributed by atoms with E-state index in [0.29, 0.717) is 17.7 Å². The summed E-state index contributed by atoms with van der Waals surface area (Å²) < 4.78 is 4.90. The molecule has 0 fully saturated rings. The number of H-pyrrole nitrogens is 1. The molecule has 0 aliphatic rings. The largest absolute Gasteiger partial charge is 0.500 e. The number of aromatic nitrogens is 2. The first kappa shape index (κ1) is 17.9. The van der Waals surface area contributed by atoms with E-state index in [9.17, 15) is 20.0 Å². The Balaban J connectivity index is 2.24. The third-order valence-electron chi connectivity index (χ3n) is 3.18. The van der Waals surface area contributed by atoms with Crippen LogP contribution in [0.5, 0.6) is 11.5 Å². The normalized spacial score (nSPS) is 10.8. The second kappa shape index (κ2) is 7.90. The van der Waals surface area contributed by atoms with E-state index < -0.39 is 16.4 Å². The quantitative estimate of drug-likeness (QED) is 0.393. The molecule has 10 nitrogen and oxygen atoms in total. The number of phenolic OH excluding ortho intramolecular Hbond substituents is 1. The Morgan fingerprint density at radius 1 is 1.48 bits per heavy atom. The van der Waals surface area contributed by atoms with Gasteiger partial charge in [-0.3, -0.25) is 19.9 Å². The maximum atomic E-state index is 11.6. The first-order valence-corrected chi connectivity index (χ1v) is 7.39. The van der Waals surface area contributed by atoms with Crippen LogP contribution in [-0.2, 0) is 6.42 Å². The molecule has 0 atom stereocenters. The van der Waals surface area contributed by atoms with Crippen molar-refractivity contribution in [2.45, 2.75) is 19.8 Å². The highest BCUT2D eigenvalue weighted by Gasteiger charge is 2.19. The van der Waals surface area contributed by atoms with Gasteiger partial charge in [0, 0.05) is 23.4 Å². The number of aryl methyl sites for hydroxylation is 1. The molecule has 1 heterocycles. The summed E-state index contributed by atoms with van der Waals surface area (Å²) in [7, 11) is 1.28. The van der Waals surface area contributed by atoms with E-state index in [1.165, 1.54) is 25.5 Å². The number of nitro groups is 1. The molecule has 0 spiro atoms. The number of nitro benzene ring substituents is 1. The predicted octanol–water partition coefficient (Wildman–Crippen LogP) is 1.79. The first-order chi connectivity index (χ1) is 11.9. The molecule has 2 aromatic rings. The van der Waals surface area contributed by atoms with Crippen LogP contribution in [0.4, 0.5) is 11.6 Å². The van der Waals surface area contributed by atoms with Gasteiger partial charge >= 0.3 is 5.69 Å². The van der Waals surface area contributed by atoms with Crippen LogP contribution >= 0.6 is 0 Å². The molecular weight excluding hydrogens is 330 g/mol. The van der Waals surface area contributed by atoms with E-state index in [1.807, 2.05) is 6.92 Å². The monoisotopic (exact) mass is 347 g/mol. The number of rotatable bonds is 7. The minimum atomic E-state index is -0.726. The Morgan fingerprint density at radius 2 is 2.24 bits per heavy atom. The van der Waals surface area contributed by atoms with Gasteiger partial charge in [-0.2, -0.15) is 5.10 Å². The van der Waals surface area contributed by atoms with Gasteiger partial charge in [-0.05, 0) is 12.5 Å². The summed E-state index contributed by atoms with van der Waals surface area (Å²) in [5.41, 5.74) is 2.70. The third kappa shape index (κ3) is 4.53. The molecular formula is C15H17N5O5. The van der Waals surface area contributed by atoms with Gasteiger partial charge in [-0.1, -0.05) is 13.3 Å². The van der Waals surface area contributed by atoms with Crippen molar-refractivity contribution in [2.75, 3.05) is 12.5 Å². The zero-order chi connectivity index (χ0) is 18.4. The van der Waals surface area contributed by atoms with E-state index in [2.05, 4.69) is 20.5 Å². The van der Waals surface area contributed by atoms with E-state index in [-0.39, 0.29) is 17.3 Å². The Labute approximate surface area is 142 Å². The number of nitrogens with one attached hydrogen (secondary N) is 2. The molecule has 0 aliphatic heterocycles. The highest BCUT2D eigenvalue weighted by atomic mass is 16.6. The summed E-state index contributed by atoms with van der Waals surface area (Å²) in [5.74, 6) is -0.449. The maximum Gasteiger partial charge on any atom is 0.315 e. The summed E-state index contributed by atoms with van der Waals surface area (Å²) in [4.78, 5) is 28.5. The van der Waals surface area contributed by atoms with Crippen molar-refractivity contribution in [3.8, 4) is 11.5 Å².